The van der Waals surface area contributed by atoms with E-state index in [4.69, 9.17) is 15.2 Å². The highest BCUT2D eigenvalue weighted by Gasteiger charge is 2.19. The number of benzene rings is 1. The van der Waals surface area contributed by atoms with Gasteiger partial charge in [-0.25, -0.2) is 4.63 Å². The third kappa shape index (κ3) is 1.49. The minimum Gasteiger partial charge on any atom is -0.454 e. The van der Waals surface area contributed by atoms with Crippen LogP contribution in [0, 0.1) is 0 Å². The molecule has 0 saturated heterocycles. The molecule has 0 saturated carbocycles. The second-order valence-corrected chi connectivity index (χ2v) is 4.07. The number of nitrogen functional groups attached to an aromatic ring is 1. The molecule has 0 fully saturated rings. The summed E-state index contributed by atoms with van der Waals surface area (Å²) in [5.74, 6) is 1.80. The Hall–Kier alpha value is -3.10. The van der Waals surface area contributed by atoms with E-state index in [9.17, 15) is 0 Å². The smallest absolute Gasteiger partial charge is 0.243 e. The van der Waals surface area contributed by atoms with E-state index in [-0.39, 0.29) is 18.4 Å². The molecular weight excluding hydrogens is 264 g/mol. The van der Waals surface area contributed by atoms with Crippen molar-refractivity contribution in [3.63, 3.8) is 0 Å². The van der Waals surface area contributed by atoms with E-state index in [2.05, 4.69) is 25.3 Å². The van der Waals surface area contributed by atoms with Crippen molar-refractivity contribution in [1.29, 1.82) is 0 Å². The number of ether oxygens (including phenoxy) is 2. The zero-order chi connectivity index (χ0) is 13.5. The Morgan fingerprint density at radius 2 is 2.05 bits per heavy atom. The van der Waals surface area contributed by atoms with Gasteiger partial charge in [-0.2, -0.15) is 4.68 Å². The zero-order valence-corrected chi connectivity index (χ0v) is 10.1. The van der Waals surface area contributed by atoms with E-state index in [1.165, 1.54) is 4.68 Å². The van der Waals surface area contributed by atoms with Gasteiger partial charge in [-0.3, -0.25) is 0 Å². The van der Waals surface area contributed by atoms with Crippen molar-refractivity contribution in [3.8, 4) is 28.6 Å². The Labute approximate surface area is 111 Å². The molecule has 4 rings (SSSR count). The number of rotatable bonds is 2. The number of nitrogens with two attached hydrogens (primary N) is 1. The molecule has 2 aromatic heterocycles. The normalized spacial score (nSPS) is 12.8. The van der Waals surface area contributed by atoms with E-state index in [1.807, 2.05) is 18.2 Å². The van der Waals surface area contributed by atoms with Crippen LogP contribution in [0.25, 0.3) is 17.1 Å². The van der Waals surface area contributed by atoms with Crippen molar-refractivity contribution in [3.05, 3.63) is 24.4 Å². The number of hydrogen-bond donors (Lipinski definition) is 1. The highest BCUT2D eigenvalue weighted by atomic mass is 16.7. The van der Waals surface area contributed by atoms with Crippen LogP contribution in [0.3, 0.4) is 0 Å². The first-order valence-corrected chi connectivity index (χ1v) is 5.72. The maximum atomic E-state index is 5.67. The molecule has 9 heteroatoms. The minimum atomic E-state index is 0.137. The van der Waals surface area contributed by atoms with Crippen LogP contribution in [0.15, 0.2) is 29.0 Å². The first-order valence-electron chi connectivity index (χ1n) is 5.72. The van der Waals surface area contributed by atoms with Gasteiger partial charge in [0.1, 0.15) is 0 Å². The van der Waals surface area contributed by atoms with E-state index < -0.39 is 0 Å². The maximum Gasteiger partial charge on any atom is 0.243 e. The molecule has 100 valence electrons. The predicted octanol–water partition coefficient (Wildman–Crippen LogP) is 0.628. The maximum absolute atomic E-state index is 5.67. The molecule has 2 N–H and O–H groups in total. The van der Waals surface area contributed by atoms with Gasteiger partial charge >= 0.3 is 0 Å². The Morgan fingerprint density at radius 1 is 1.15 bits per heavy atom. The molecule has 1 aliphatic heterocycles. The lowest BCUT2D eigenvalue weighted by Gasteiger charge is -2.04. The fraction of sp³-hybridized carbons (Fsp3) is 0.0909. The molecule has 1 aliphatic rings. The van der Waals surface area contributed by atoms with E-state index >= 15 is 0 Å². The molecule has 0 aliphatic carbocycles. The summed E-state index contributed by atoms with van der Waals surface area (Å²) in [6, 6.07) is 5.52. The summed E-state index contributed by atoms with van der Waals surface area (Å²) in [5, 5.41) is 15.0. The average Bonchev–Trinajstić information content (AvgIpc) is 3.16. The number of fused-ring (bicyclic) bond motifs is 1. The molecule has 3 heterocycles. The van der Waals surface area contributed by atoms with Crippen LogP contribution in [0.2, 0.25) is 0 Å². The number of aromatic nitrogens is 5. The molecule has 3 aromatic rings. The van der Waals surface area contributed by atoms with Crippen LogP contribution in [0.5, 0.6) is 11.5 Å². The summed E-state index contributed by atoms with van der Waals surface area (Å²) >= 11 is 0. The molecule has 20 heavy (non-hydrogen) atoms. The monoisotopic (exact) mass is 272 g/mol. The van der Waals surface area contributed by atoms with Crippen LogP contribution in [-0.4, -0.2) is 32.1 Å². The van der Waals surface area contributed by atoms with Crippen molar-refractivity contribution in [1.82, 2.24) is 25.3 Å². The van der Waals surface area contributed by atoms with Crippen molar-refractivity contribution < 1.29 is 14.1 Å². The van der Waals surface area contributed by atoms with Gasteiger partial charge in [-0.1, -0.05) is 5.21 Å². The van der Waals surface area contributed by atoms with Crippen LogP contribution >= 0.6 is 0 Å². The third-order valence-electron chi connectivity index (χ3n) is 2.91. The summed E-state index contributed by atoms with van der Waals surface area (Å²) in [7, 11) is 0. The SMILES string of the molecule is Nc1nonc1-n1nncc1-c1ccc2c(c1)OCO2. The molecule has 9 nitrogen and oxygen atoms in total. The lowest BCUT2D eigenvalue weighted by molar-refractivity contribution is 0.174. The topological polar surface area (TPSA) is 114 Å². The van der Waals surface area contributed by atoms with Gasteiger partial charge in [0, 0.05) is 5.56 Å². The van der Waals surface area contributed by atoms with Crippen LogP contribution in [0.4, 0.5) is 5.82 Å². The van der Waals surface area contributed by atoms with Crippen LogP contribution in [-0.2, 0) is 0 Å². The largest absolute Gasteiger partial charge is 0.454 e. The molecule has 0 atom stereocenters. The fourth-order valence-corrected chi connectivity index (χ4v) is 1.98. The lowest BCUT2D eigenvalue weighted by Crippen LogP contribution is -2.03. The second kappa shape index (κ2) is 3.95. The summed E-state index contributed by atoms with van der Waals surface area (Å²) in [4.78, 5) is 0. The van der Waals surface area contributed by atoms with Crippen LogP contribution < -0.4 is 15.2 Å². The highest BCUT2D eigenvalue weighted by Crippen LogP contribution is 2.36. The summed E-state index contributed by atoms with van der Waals surface area (Å²) in [6.45, 7) is 0.219. The van der Waals surface area contributed by atoms with Crippen LogP contribution in [0.1, 0.15) is 0 Å². The lowest BCUT2D eigenvalue weighted by atomic mass is 10.1. The summed E-state index contributed by atoms with van der Waals surface area (Å²) in [6.07, 6.45) is 1.59. The summed E-state index contributed by atoms with van der Waals surface area (Å²) in [5.41, 5.74) is 7.19. The van der Waals surface area contributed by atoms with Crippen molar-refractivity contribution in [2.24, 2.45) is 0 Å². The van der Waals surface area contributed by atoms with E-state index in [0.29, 0.717) is 17.2 Å². The first-order chi connectivity index (χ1) is 9.83. The molecule has 0 bridgehead atoms. The van der Waals surface area contributed by atoms with E-state index in [1.54, 1.807) is 6.20 Å². The number of hydrogen-bond acceptors (Lipinski definition) is 8. The molecule has 0 radical (unpaired) electrons. The molecule has 0 spiro atoms. The number of anilines is 1. The Balaban J connectivity index is 1.84. The van der Waals surface area contributed by atoms with Gasteiger partial charge in [0.25, 0.3) is 0 Å². The quantitative estimate of drug-likeness (QED) is 0.722. The Bertz CT molecular complexity index is 780. The first kappa shape index (κ1) is 10.8. The van der Waals surface area contributed by atoms with Gasteiger partial charge in [-0.15, -0.1) is 5.10 Å². The zero-order valence-electron chi connectivity index (χ0n) is 10.1. The van der Waals surface area contributed by atoms with Crippen molar-refractivity contribution in [2.45, 2.75) is 0 Å². The Kier molecular flexibility index (Phi) is 2.13. The predicted molar refractivity (Wildman–Crippen MR) is 65.2 cm³/mol. The van der Waals surface area contributed by atoms with Gasteiger partial charge in [0.2, 0.25) is 18.4 Å². The van der Waals surface area contributed by atoms with Gasteiger partial charge in [0.15, 0.2) is 11.5 Å². The van der Waals surface area contributed by atoms with E-state index in [0.717, 1.165) is 5.56 Å². The number of nitrogens with zero attached hydrogens (tertiary/aromatic N) is 5. The standard InChI is InChI=1S/C11H8N6O3/c12-10-11(15-20-14-10)17-7(4-13-16-17)6-1-2-8-9(3-6)19-5-18-8/h1-4H,5H2,(H2,12,14). The Morgan fingerprint density at radius 3 is 2.90 bits per heavy atom. The third-order valence-corrected chi connectivity index (χ3v) is 2.91. The van der Waals surface area contributed by atoms with Crippen molar-refractivity contribution in [2.75, 3.05) is 12.5 Å². The molecular formula is C11H8N6O3. The van der Waals surface area contributed by atoms with Crippen molar-refractivity contribution >= 4 is 5.82 Å². The van der Waals surface area contributed by atoms with Gasteiger partial charge in [0.05, 0.1) is 11.9 Å². The molecule has 1 aromatic carbocycles. The fourth-order valence-electron chi connectivity index (χ4n) is 1.98. The average molecular weight is 272 g/mol. The molecule has 0 amide bonds. The molecule has 0 unspecified atom stereocenters. The van der Waals surface area contributed by atoms with Gasteiger partial charge < -0.3 is 15.2 Å². The summed E-state index contributed by atoms with van der Waals surface area (Å²) < 4.78 is 16.6. The minimum absolute atomic E-state index is 0.137. The highest BCUT2D eigenvalue weighted by molar-refractivity contribution is 5.66. The second-order valence-electron chi connectivity index (χ2n) is 4.07. The van der Waals surface area contributed by atoms with Gasteiger partial charge in [-0.05, 0) is 28.5 Å².